The predicted octanol–water partition coefficient (Wildman–Crippen LogP) is 3.63. The Morgan fingerprint density at radius 1 is 1.46 bits per heavy atom. The third-order valence-corrected chi connectivity index (χ3v) is 2.96. The van der Waals surface area contributed by atoms with Crippen LogP contribution in [0.3, 0.4) is 0 Å². The van der Waals surface area contributed by atoms with E-state index in [1.807, 2.05) is 0 Å². The zero-order chi connectivity index (χ0) is 10.0. The molecule has 0 aliphatic rings. The van der Waals surface area contributed by atoms with Crippen molar-refractivity contribution < 1.29 is 9.18 Å². The molecular weight excluding hydrogens is 305 g/mol. The van der Waals surface area contributed by atoms with Crippen LogP contribution in [0.5, 0.6) is 0 Å². The van der Waals surface area contributed by atoms with Crippen LogP contribution in [0.4, 0.5) is 10.1 Å². The zero-order valence-electron chi connectivity index (χ0n) is 6.57. The molecule has 0 saturated heterocycles. The molecule has 0 aromatic heterocycles. The van der Waals surface area contributed by atoms with Gasteiger partial charge in [0.15, 0.2) is 5.82 Å². The van der Waals surface area contributed by atoms with Crippen LogP contribution in [-0.4, -0.2) is 6.08 Å². The van der Waals surface area contributed by atoms with Gasteiger partial charge >= 0.3 is 0 Å². The third-order valence-electron chi connectivity index (χ3n) is 1.53. The minimum Gasteiger partial charge on any atom is -0.211 e. The Hall–Kier alpha value is -0.510. The van der Waals surface area contributed by atoms with E-state index in [1.165, 1.54) is 6.08 Å². The first-order valence-electron chi connectivity index (χ1n) is 3.30. The maximum Gasteiger partial charge on any atom is 0.240 e. The predicted molar refractivity (Wildman–Crippen MR) is 54.3 cm³/mol. The van der Waals surface area contributed by atoms with Crippen molar-refractivity contribution in [3.05, 3.63) is 26.4 Å². The van der Waals surface area contributed by atoms with Gasteiger partial charge in [-0.2, -0.15) is 4.99 Å². The van der Waals surface area contributed by atoms with Crippen LogP contribution in [0.2, 0.25) is 0 Å². The summed E-state index contributed by atoms with van der Waals surface area (Å²) in [5, 5.41) is 0. The lowest BCUT2D eigenvalue weighted by Gasteiger charge is -2.04. The second-order valence-corrected chi connectivity index (χ2v) is 4.04. The number of nitrogens with zero attached hydrogens (tertiary/aromatic N) is 1. The molecule has 1 rings (SSSR count). The molecule has 0 atom stereocenters. The highest BCUT2D eigenvalue weighted by Gasteiger charge is 2.12. The Morgan fingerprint density at radius 3 is 2.62 bits per heavy atom. The van der Waals surface area contributed by atoms with Gasteiger partial charge in [0, 0.05) is 14.5 Å². The quantitative estimate of drug-likeness (QED) is 0.575. The van der Waals surface area contributed by atoms with Gasteiger partial charge < -0.3 is 0 Å². The average Bonchev–Trinajstić information content (AvgIpc) is 2.09. The van der Waals surface area contributed by atoms with Crippen molar-refractivity contribution >= 4 is 43.6 Å². The molecule has 0 heterocycles. The fourth-order valence-corrected chi connectivity index (χ4v) is 2.03. The number of halogens is 3. The highest BCUT2D eigenvalue weighted by Crippen LogP contribution is 2.34. The summed E-state index contributed by atoms with van der Waals surface area (Å²) < 4.78 is 14.4. The van der Waals surface area contributed by atoms with Gasteiger partial charge in [-0.25, -0.2) is 9.18 Å². The molecule has 0 aliphatic heterocycles. The molecule has 0 saturated carbocycles. The van der Waals surface area contributed by atoms with E-state index in [0.717, 1.165) is 0 Å². The van der Waals surface area contributed by atoms with Crippen LogP contribution in [0, 0.1) is 12.7 Å². The molecule has 0 spiro atoms. The molecule has 0 unspecified atom stereocenters. The zero-order valence-corrected chi connectivity index (χ0v) is 9.74. The first-order chi connectivity index (χ1) is 6.07. The van der Waals surface area contributed by atoms with Crippen molar-refractivity contribution in [2.45, 2.75) is 6.92 Å². The Kier molecular flexibility index (Phi) is 3.36. The van der Waals surface area contributed by atoms with E-state index in [2.05, 4.69) is 36.9 Å². The van der Waals surface area contributed by atoms with Crippen molar-refractivity contribution in [3.63, 3.8) is 0 Å². The molecule has 2 nitrogen and oxygen atoms in total. The Morgan fingerprint density at radius 2 is 2.08 bits per heavy atom. The van der Waals surface area contributed by atoms with Crippen molar-refractivity contribution in [2.24, 2.45) is 4.99 Å². The van der Waals surface area contributed by atoms with Gasteiger partial charge in [-0.15, -0.1) is 0 Å². The van der Waals surface area contributed by atoms with Gasteiger partial charge in [-0.05, 0) is 28.9 Å². The van der Waals surface area contributed by atoms with E-state index in [9.17, 15) is 9.18 Å². The minimum atomic E-state index is -0.524. The number of aliphatic imine (C=N–C) groups is 1. The summed E-state index contributed by atoms with van der Waals surface area (Å²) >= 11 is 6.26. The summed E-state index contributed by atoms with van der Waals surface area (Å²) in [5.41, 5.74) is 0.396. The summed E-state index contributed by atoms with van der Waals surface area (Å²) in [6.07, 6.45) is 1.30. The van der Waals surface area contributed by atoms with Crippen LogP contribution in [0.25, 0.3) is 0 Å². The SMILES string of the molecule is Cc1c(Br)cc(Br)c(N=C=O)c1F. The number of benzene rings is 1. The van der Waals surface area contributed by atoms with Crippen molar-refractivity contribution in [1.29, 1.82) is 0 Å². The van der Waals surface area contributed by atoms with Gasteiger partial charge in [0.05, 0.1) is 0 Å². The maximum atomic E-state index is 13.4. The lowest BCUT2D eigenvalue weighted by atomic mass is 10.2. The largest absolute Gasteiger partial charge is 0.240 e. The average molecular weight is 309 g/mol. The van der Waals surface area contributed by atoms with Crippen LogP contribution in [0.1, 0.15) is 5.56 Å². The number of carbonyl (C=O) groups excluding carboxylic acids is 1. The Labute approximate surface area is 91.1 Å². The molecule has 0 fully saturated rings. The second kappa shape index (κ2) is 4.13. The molecule has 0 bridgehead atoms. The summed E-state index contributed by atoms with van der Waals surface area (Å²) in [7, 11) is 0. The van der Waals surface area contributed by atoms with E-state index in [0.29, 0.717) is 14.5 Å². The molecule has 68 valence electrons. The van der Waals surface area contributed by atoms with E-state index in [-0.39, 0.29) is 5.69 Å². The molecule has 1 aromatic carbocycles. The fourth-order valence-electron chi connectivity index (χ4n) is 0.823. The smallest absolute Gasteiger partial charge is 0.211 e. The number of isocyanates is 1. The molecule has 0 aliphatic carbocycles. The molecule has 1 aromatic rings. The van der Waals surface area contributed by atoms with Crippen LogP contribution >= 0.6 is 31.9 Å². The van der Waals surface area contributed by atoms with Crippen LogP contribution in [-0.2, 0) is 4.79 Å². The lowest BCUT2D eigenvalue weighted by molar-refractivity contribution is 0.564. The number of rotatable bonds is 1. The summed E-state index contributed by atoms with van der Waals surface area (Å²) in [6, 6.07) is 1.63. The normalized spacial score (nSPS) is 9.54. The standard InChI is InChI=1S/C8H4Br2FNO/c1-4-5(9)2-6(10)8(7(4)11)12-3-13/h2H,1H3. The van der Waals surface area contributed by atoms with Crippen LogP contribution in [0.15, 0.2) is 20.0 Å². The highest BCUT2D eigenvalue weighted by molar-refractivity contribution is 9.11. The highest BCUT2D eigenvalue weighted by atomic mass is 79.9. The molecule has 5 heteroatoms. The Balaban J connectivity index is 3.52. The lowest BCUT2D eigenvalue weighted by Crippen LogP contribution is -1.86. The molecule has 0 N–H and O–H groups in total. The number of hydrogen-bond donors (Lipinski definition) is 0. The van der Waals surface area contributed by atoms with Crippen LogP contribution < -0.4 is 0 Å². The van der Waals surface area contributed by atoms with E-state index in [1.54, 1.807) is 13.0 Å². The molecule has 13 heavy (non-hydrogen) atoms. The first-order valence-corrected chi connectivity index (χ1v) is 4.88. The summed E-state index contributed by atoms with van der Waals surface area (Å²) in [5.74, 6) is -0.524. The van der Waals surface area contributed by atoms with E-state index >= 15 is 0 Å². The van der Waals surface area contributed by atoms with E-state index in [4.69, 9.17) is 0 Å². The number of hydrogen-bond acceptors (Lipinski definition) is 2. The van der Waals surface area contributed by atoms with Gasteiger partial charge in [0.1, 0.15) is 5.69 Å². The summed E-state index contributed by atoms with van der Waals surface area (Å²) in [6.45, 7) is 1.59. The second-order valence-electron chi connectivity index (χ2n) is 2.33. The maximum absolute atomic E-state index is 13.4. The fraction of sp³-hybridized carbons (Fsp3) is 0.125. The molecular formula is C8H4Br2FNO. The minimum absolute atomic E-state index is 0.0179. The summed E-state index contributed by atoms with van der Waals surface area (Å²) in [4.78, 5) is 13.2. The topological polar surface area (TPSA) is 29.4 Å². The van der Waals surface area contributed by atoms with Gasteiger partial charge in [-0.1, -0.05) is 15.9 Å². The Bertz CT molecular complexity index is 400. The first kappa shape index (κ1) is 10.6. The van der Waals surface area contributed by atoms with Gasteiger partial charge in [0.25, 0.3) is 0 Å². The van der Waals surface area contributed by atoms with Gasteiger partial charge in [0.2, 0.25) is 6.08 Å². The van der Waals surface area contributed by atoms with Crippen molar-refractivity contribution in [3.8, 4) is 0 Å². The van der Waals surface area contributed by atoms with E-state index < -0.39 is 5.82 Å². The molecule has 0 amide bonds. The van der Waals surface area contributed by atoms with Crippen molar-refractivity contribution in [2.75, 3.05) is 0 Å². The molecule has 0 radical (unpaired) electrons. The monoisotopic (exact) mass is 307 g/mol. The van der Waals surface area contributed by atoms with Gasteiger partial charge in [-0.3, -0.25) is 0 Å². The van der Waals surface area contributed by atoms with Crippen molar-refractivity contribution in [1.82, 2.24) is 0 Å². The third kappa shape index (κ3) is 2.05.